The van der Waals surface area contributed by atoms with Gasteiger partial charge in [-0.05, 0) is 38.5 Å². The Hall–Kier alpha value is -1.40. The van der Waals surface area contributed by atoms with E-state index in [9.17, 15) is 13.2 Å². The lowest BCUT2D eigenvalue weighted by atomic mass is 10.1. The molecule has 0 bridgehead atoms. The third-order valence-electron chi connectivity index (χ3n) is 3.85. The molecule has 1 aromatic rings. The summed E-state index contributed by atoms with van der Waals surface area (Å²) in [5.74, 6) is -0.175. The molecule has 0 radical (unpaired) electrons. The second-order valence-corrected chi connectivity index (χ2v) is 7.49. The zero-order valence-corrected chi connectivity index (χ0v) is 15.1. The monoisotopic (exact) mass is 326 g/mol. The summed E-state index contributed by atoms with van der Waals surface area (Å²) < 4.78 is 26.8. The van der Waals surface area contributed by atoms with Gasteiger partial charge >= 0.3 is 0 Å². The smallest absolute Gasteiger partial charge is 0.253 e. The fourth-order valence-corrected chi connectivity index (χ4v) is 3.86. The van der Waals surface area contributed by atoms with Gasteiger partial charge < -0.3 is 4.90 Å². The maximum absolute atomic E-state index is 12.7. The van der Waals surface area contributed by atoms with Gasteiger partial charge in [0.25, 0.3) is 5.91 Å². The quantitative estimate of drug-likeness (QED) is 0.807. The molecule has 1 aromatic carbocycles. The van der Waals surface area contributed by atoms with E-state index in [-0.39, 0.29) is 16.8 Å². The largest absolute Gasteiger partial charge is 0.339 e. The van der Waals surface area contributed by atoms with E-state index < -0.39 is 10.0 Å². The number of nitrogens with zero attached hydrogens (tertiary/aromatic N) is 2. The highest BCUT2D eigenvalue weighted by Gasteiger charge is 2.25. The predicted molar refractivity (Wildman–Crippen MR) is 88.5 cm³/mol. The maximum Gasteiger partial charge on any atom is 0.253 e. The van der Waals surface area contributed by atoms with Crippen LogP contribution in [-0.2, 0) is 10.0 Å². The minimum absolute atomic E-state index is 0.0524. The number of sulfonamides is 1. The fourth-order valence-electron chi connectivity index (χ4n) is 2.15. The Kier molecular flexibility index (Phi) is 6.14. The Balaban J connectivity index is 3.35. The molecule has 1 rings (SSSR count). The Labute approximate surface area is 134 Å². The Morgan fingerprint density at radius 1 is 1.18 bits per heavy atom. The molecule has 0 unspecified atom stereocenters. The van der Waals surface area contributed by atoms with Gasteiger partial charge in [0.2, 0.25) is 10.0 Å². The van der Waals surface area contributed by atoms with Crippen LogP contribution < -0.4 is 0 Å². The average Bonchev–Trinajstić information content (AvgIpc) is 2.46. The van der Waals surface area contributed by atoms with Crippen molar-refractivity contribution in [1.29, 1.82) is 0 Å². The number of amides is 1. The highest BCUT2D eigenvalue weighted by Crippen LogP contribution is 2.22. The first-order chi connectivity index (χ1) is 10.2. The second-order valence-electron chi connectivity index (χ2n) is 5.58. The van der Waals surface area contributed by atoms with Gasteiger partial charge in [0.1, 0.15) is 0 Å². The molecule has 0 fully saturated rings. The topological polar surface area (TPSA) is 57.7 Å². The predicted octanol–water partition coefficient (Wildman–Crippen LogP) is 2.51. The third-order valence-corrected chi connectivity index (χ3v) is 6.05. The number of hydrogen-bond donors (Lipinski definition) is 0. The summed E-state index contributed by atoms with van der Waals surface area (Å²) in [6.07, 6.45) is 0. The molecule has 0 N–H and O–H groups in total. The number of carbonyl (C=O) groups excluding carboxylic acids is 1. The van der Waals surface area contributed by atoms with E-state index >= 15 is 0 Å². The Morgan fingerprint density at radius 3 is 2.18 bits per heavy atom. The van der Waals surface area contributed by atoms with Gasteiger partial charge in [-0.1, -0.05) is 19.9 Å². The number of benzene rings is 1. The normalized spacial score (nSPS) is 12.0. The zero-order chi connectivity index (χ0) is 17.1. The molecule has 0 atom stereocenters. The van der Waals surface area contributed by atoms with Crippen LogP contribution in [0.4, 0.5) is 0 Å². The fraction of sp³-hybridized carbons (Fsp3) is 0.562. The summed E-state index contributed by atoms with van der Waals surface area (Å²) >= 11 is 0. The molecule has 0 saturated heterocycles. The van der Waals surface area contributed by atoms with Crippen LogP contribution >= 0.6 is 0 Å². The zero-order valence-electron chi connectivity index (χ0n) is 14.3. The molecule has 0 saturated carbocycles. The van der Waals surface area contributed by atoms with Crippen molar-refractivity contribution in [1.82, 2.24) is 9.21 Å². The molecular weight excluding hydrogens is 300 g/mol. The van der Waals surface area contributed by atoms with Crippen LogP contribution in [0.15, 0.2) is 23.1 Å². The van der Waals surface area contributed by atoms with Crippen LogP contribution in [-0.4, -0.2) is 49.7 Å². The van der Waals surface area contributed by atoms with E-state index in [2.05, 4.69) is 0 Å². The molecule has 0 aliphatic rings. The molecule has 0 spiro atoms. The number of aryl methyl sites for hydroxylation is 1. The SMILES string of the molecule is CCN(CC)S(=O)(=O)c1cc(C(=O)N(C)C(C)C)ccc1C. The van der Waals surface area contributed by atoms with Crippen LogP contribution in [0, 0.1) is 6.92 Å². The van der Waals surface area contributed by atoms with Crippen molar-refractivity contribution >= 4 is 15.9 Å². The van der Waals surface area contributed by atoms with Crippen molar-refractivity contribution in [3.05, 3.63) is 29.3 Å². The van der Waals surface area contributed by atoms with Gasteiger partial charge in [0.15, 0.2) is 0 Å². The van der Waals surface area contributed by atoms with Crippen LogP contribution in [0.1, 0.15) is 43.6 Å². The van der Waals surface area contributed by atoms with Crippen molar-refractivity contribution in [3.63, 3.8) is 0 Å². The van der Waals surface area contributed by atoms with Gasteiger partial charge in [0, 0.05) is 31.7 Å². The van der Waals surface area contributed by atoms with Gasteiger partial charge in [0.05, 0.1) is 4.90 Å². The van der Waals surface area contributed by atoms with Crippen LogP contribution in [0.2, 0.25) is 0 Å². The summed E-state index contributed by atoms with van der Waals surface area (Å²) in [7, 11) is -1.86. The molecule has 1 amide bonds. The van der Waals surface area contributed by atoms with Crippen LogP contribution in [0.3, 0.4) is 0 Å². The van der Waals surface area contributed by atoms with Crippen LogP contribution in [0.25, 0.3) is 0 Å². The van der Waals surface area contributed by atoms with E-state index in [4.69, 9.17) is 0 Å². The molecule has 124 valence electrons. The highest BCUT2D eigenvalue weighted by molar-refractivity contribution is 7.89. The lowest BCUT2D eigenvalue weighted by Crippen LogP contribution is -2.34. The highest BCUT2D eigenvalue weighted by atomic mass is 32.2. The second kappa shape index (κ2) is 7.24. The molecule has 0 heterocycles. The Morgan fingerprint density at radius 2 is 1.73 bits per heavy atom. The van der Waals surface area contributed by atoms with E-state index in [0.29, 0.717) is 24.2 Å². The molecule has 22 heavy (non-hydrogen) atoms. The standard InChI is InChI=1S/C16H26N2O3S/c1-7-18(8-2)22(20,21)15-11-14(10-9-13(15)5)16(19)17(6)12(3)4/h9-12H,7-8H2,1-6H3. The first-order valence-corrected chi connectivity index (χ1v) is 8.98. The summed E-state index contributed by atoms with van der Waals surface area (Å²) in [6, 6.07) is 4.91. The molecular formula is C16H26N2O3S. The van der Waals surface area contributed by atoms with E-state index in [0.717, 1.165) is 0 Å². The maximum atomic E-state index is 12.7. The van der Waals surface area contributed by atoms with Crippen molar-refractivity contribution < 1.29 is 13.2 Å². The van der Waals surface area contributed by atoms with Gasteiger partial charge in [-0.2, -0.15) is 4.31 Å². The molecule has 0 aliphatic heterocycles. The minimum Gasteiger partial charge on any atom is -0.339 e. The van der Waals surface area contributed by atoms with Gasteiger partial charge in [-0.15, -0.1) is 0 Å². The average molecular weight is 326 g/mol. The van der Waals surface area contributed by atoms with Crippen molar-refractivity contribution in [3.8, 4) is 0 Å². The number of rotatable bonds is 6. The van der Waals surface area contributed by atoms with Crippen molar-refractivity contribution in [2.24, 2.45) is 0 Å². The van der Waals surface area contributed by atoms with E-state index in [1.165, 1.54) is 10.4 Å². The lowest BCUT2D eigenvalue weighted by molar-refractivity contribution is 0.0754. The van der Waals surface area contributed by atoms with Crippen molar-refractivity contribution in [2.75, 3.05) is 20.1 Å². The number of carbonyl (C=O) groups is 1. The summed E-state index contributed by atoms with van der Waals surface area (Å²) in [5, 5.41) is 0. The summed E-state index contributed by atoms with van der Waals surface area (Å²) in [5.41, 5.74) is 1.04. The molecule has 6 heteroatoms. The molecule has 5 nitrogen and oxygen atoms in total. The van der Waals surface area contributed by atoms with Crippen molar-refractivity contribution in [2.45, 2.75) is 45.6 Å². The van der Waals surface area contributed by atoms with E-state index in [1.807, 2.05) is 13.8 Å². The minimum atomic E-state index is -3.57. The summed E-state index contributed by atoms with van der Waals surface area (Å²) in [6.45, 7) is 10.00. The molecule has 0 aliphatic carbocycles. The van der Waals surface area contributed by atoms with Crippen LogP contribution in [0.5, 0.6) is 0 Å². The summed E-state index contributed by atoms with van der Waals surface area (Å²) in [4.78, 5) is 14.2. The Bertz CT molecular complexity index is 635. The molecule has 0 aromatic heterocycles. The van der Waals surface area contributed by atoms with Gasteiger partial charge in [-0.25, -0.2) is 8.42 Å². The van der Waals surface area contributed by atoms with E-state index in [1.54, 1.807) is 44.9 Å². The van der Waals surface area contributed by atoms with Gasteiger partial charge in [-0.3, -0.25) is 4.79 Å². The number of hydrogen-bond acceptors (Lipinski definition) is 3. The lowest BCUT2D eigenvalue weighted by Gasteiger charge is -2.23. The first kappa shape index (κ1) is 18.6. The third kappa shape index (κ3) is 3.67. The first-order valence-electron chi connectivity index (χ1n) is 7.54.